The fraction of sp³-hybridized carbons (Fsp3) is 0.588. The van der Waals surface area contributed by atoms with Crippen molar-refractivity contribution in [3.63, 3.8) is 0 Å². The van der Waals surface area contributed by atoms with Crippen molar-refractivity contribution >= 4 is 21.6 Å². The molecule has 0 aliphatic rings. The minimum atomic E-state index is -3.43. The molecule has 0 bridgehead atoms. The third kappa shape index (κ3) is 5.86. The van der Waals surface area contributed by atoms with Crippen LogP contribution in [0.2, 0.25) is 0 Å². The van der Waals surface area contributed by atoms with Crippen molar-refractivity contribution in [3.8, 4) is 0 Å². The second-order valence-electron chi connectivity index (χ2n) is 7.82. The van der Waals surface area contributed by atoms with Crippen LogP contribution in [0.4, 0.5) is 5.69 Å². The van der Waals surface area contributed by atoms with Crippen LogP contribution in [0.15, 0.2) is 24.3 Å². The predicted octanol–water partition coefficient (Wildman–Crippen LogP) is 3.03. The van der Waals surface area contributed by atoms with Crippen LogP contribution < -0.4 is 9.62 Å². The average Bonchev–Trinajstić information content (AvgIpc) is 2.33. The quantitative estimate of drug-likeness (QED) is 0.896. The molecule has 6 heteroatoms. The van der Waals surface area contributed by atoms with Crippen LogP contribution in [0.1, 0.15) is 51.4 Å². The Morgan fingerprint density at radius 2 is 1.65 bits per heavy atom. The van der Waals surface area contributed by atoms with Crippen molar-refractivity contribution in [2.75, 3.05) is 17.6 Å². The molecule has 1 aromatic rings. The lowest BCUT2D eigenvalue weighted by Gasteiger charge is -2.33. The molecule has 0 aliphatic heterocycles. The number of benzene rings is 1. The van der Waals surface area contributed by atoms with E-state index in [0.29, 0.717) is 11.3 Å². The van der Waals surface area contributed by atoms with E-state index in [1.54, 1.807) is 24.3 Å². The van der Waals surface area contributed by atoms with Crippen LogP contribution in [0.25, 0.3) is 0 Å². The molecule has 5 nitrogen and oxygen atoms in total. The van der Waals surface area contributed by atoms with Crippen LogP contribution in [0, 0.1) is 5.41 Å². The zero-order chi connectivity index (χ0) is 18.1. The van der Waals surface area contributed by atoms with Crippen molar-refractivity contribution in [1.29, 1.82) is 0 Å². The molecule has 0 aromatic heterocycles. The lowest BCUT2D eigenvalue weighted by atomic mass is 9.81. The fourth-order valence-electron chi connectivity index (χ4n) is 2.86. The van der Waals surface area contributed by atoms with E-state index in [9.17, 15) is 13.2 Å². The molecular formula is C17H28N2O3S. The van der Waals surface area contributed by atoms with Gasteiger partial charge in [0.1, 0.15) is 0 Å². The summed E-state index contributed by atoms with van der Waals surface area (Å²) in [6, 6.07) is 6.71. The van der Waals surface area contributed by atoms with E-state index in [1.807, 2.05) is 13.8 Å². The van der Waals surface area contributed by atoms with E-state index in [0.717, 1.165) is 17.0 Å². The number of sulfonamides is 1. The Hall–Kier alpha value is -1.56. The van der Waals surface area contributed by atoms with Gasteiger partial charge in [0, 0.05) is 12.6 Å². The number of nitrogens with zero attached hydrogens (tertiary/aromatic N) is 1. The Morgan fingerprint density at radius 3 is 2.13 bits per heavy atom. The molecule has 1 amide bonds. The summed E-state index contributed by atoms with van der Waals surface area (Å²) in [6.45, 7) is 10.3. The number of nitrogens with one attached hydrogen (secondary N) is 1. The molecular weight excluding hydrogens is 312 g/mol. The maximum atomic E-state index is 12.7. The highest BCUT2D eigenvalue weighted by Gasteiger charge is 2.28. The van der Waals surface area contributed by atoms with Crippen molar-refractivity contribution in [2.45, 2.75) is 46.6 Å². The predicted molar refractivity (Wildman–Crippen MR) is 95.3 cm³/mol. The Kier molecular flexibility index (Phi) is 5.52. The first-order valence-corrected chi connectivity index (χ1v) is 9.43. The molecule has 1 aromatic carbocycles. The monoisotopic (exact) mass is 340 g/mol. The number of rotatable bonds is 5. The summed E-state index contributed by atoms with van der Waals surface area (Å²) in [4.78, 5) is 12.7. The second kappa shape index (κ2) is 6.51. The summed E-state index contributed by atoms with van der Waals surface area (Å²) < 4.78 is 24.7. The Morgan fingerprint density at radius 1 is 1.13 bits per heavy atom. The Balaban J connectivity index is 3.11. The fourth-order valence-corrected chi connectivity index (χ4v) is 3.38. The minimum absolute atomic E-state index is 0.0693. The van der Waals surface area contributed by atoms with Crippen LogP contribution in [-0.2, 0) is 10.0 Å². The van der Waals surface area contributed by atoms with Crippen molar-refractivity contribution < 1.29 is 13.2 Å². The van der Waals surface area contributed by atoms with Gasteiger partial charge in [-0.2, -0.15) is 0 Å². The number of carbonyl (C=O) groups is 1. The van der Waals surface area contributed by atoms with E-state index in [4.69, 9.17) is 0 Å². The summed E-state index contributed by atoms with van der Waals surface area (Å²) >= 11 is 0. The molecule has 0 saturated carbocycles. The van der Waals surface area contributed by atoms with Gasteiger partial charge in [-0.3, -0.25) is 9.10 Å². The SMILES string of the molecule is CN(c1ccccc1C(=O)NC(C)(C)CC(C)(C)C)S(C)(=O)=O. The zero-order valence-corrected chi connectivity index (χ0v) is 15.9. The zero-order valence-electron chi connectivity index (χ0n) is 15.1. The first kappa shape index (κ1) is 19.5. The van der Waals surface area contributed by atoms with Crippen molar-refractivity contribution in [3.05, 3.63) is 29.8 Å². The highest BCUT2D eigenvalue weighted by Crippen LogP contribution is 2.28. The van der Waals surface area contributed by atoms with E-state index in [1.165, 1.54) is 7.05 Å². The van der Waals surface area contributed by atoms with E-state index in [2.05, 4.69) is 26.1 Å². The van der Waals surface area contributed by atoms with Gasteiger partial charge in [-0.25, -0.2) is 8.42 Å². The summed E-state index contributed by atoms with van der Waals surface area (Å²) in [6.07, 6.45) is 1.92. The molecule has 0 heterocycles. The standard InChI is InChI=1S/C17H28N2O3S/c1-16(2,3)12-17(4,5)18-15(20)13-10-8-9-11-14(13)19(6)23(7,21)22/h8-11H,12H2,1-7H3,(H,18,20). The highest BCUT2D eigenvalue weighted by atomic mass is 32.2. The van der Waals surface area contributed by atoms with E-state index >= 15 is 0 Å². The third-order valence-electron chi connectivity index (χ3n) is 3.41. The summed E-state index contributed by atoms with van der Waals surface area (Å²) in [7, 11) is -1.98. The van der Waals surface area contributed by atoms with E-state index < -0.39 is 15.6 Å². The molecule has 23 heavy (non-hydrogen) atoms. The highest BCUT2D eigenvalue weighted by molar-refractivity contribution is 7.92. The lowest BCUT2D eigenvalue weighted by molar-refractivity contribution is 0.0892. The number of carbonyl (C=O) groups excluding carboxylic acids is 1. The van der Waals surface area contributed by atoms with Crippen LogP contribution >= 0.6 is 0 Å². The van der Waals surface area contributed by atoms with Gasteiger partial charge in [-0.05, 0) is 37.8 Å². The normalized spacial score (nSPS) is 12.8. The summed E-state index contributed by atoms with van der Waals surface area (Å²) in [5, 5.41) is 3.02. The lowest BCUT2D eigenvalue weighted by Crippen LogP contribution is -2.46. The van der Waals surface area contributed by atoms with Gasteiger partial charge in [-0.15, -0.1) is 0 Å². The Bertz CT molecular complexity index is 673. The number of amides is 1. The van der Waals surface area contributed by atoms with Crippen LogP contribution in [0.3, 0.4) is 0 Å². The molecule has 0 radical (unpaired) electrons. The van der Waals surface area contributed by atoms with Gasteiger partial charge in [0.25, 0.3) is 5.91 Å². The van der Waals surface area contributed by atoms with Gasteiger partial charge in [0.15, 0.2) is 0 Å². The molecule has 0 fully saturated rings. The summed E-state index contributed by atoms with van der Waals surface area (Å²) in [5.74, 6) is -0.273. The van der Waals surface area contributed by atoms with Gasteiger partial charge in [0.05, 0.1) is 17.5 Å². The topological polar surface area (TPSA) is 66.5 Å². The van der Waals surface area contributed by atoms with Gasteiger partial charge in [0.2, 0.25) is 10.0 Å². The first-order chi connectivity index (χ1) is 10.2. The van der Waals surface area contributed by atoms with Crippen LogP contribution in [-0.4, -0.2) is 33.2 Å². The molecule has 1 N–H and O–H groups in total. The molecule has 0 aliphatic carbocycles. The largest absolute Gasteiger partial charge is 0.347 e. The summed E-state index contributed by atoms with van der Waals surface area (Å²) in [5.41, 5.74) is 0.396. The maximum absolute atomic E-state index is 12.7. The molecule has 1 rings (SSSR count). The number of hydrogen-bond donors (Lipinski definition) is 1. The van der Waals surface area contributed by atoms with Gasteiger partial charge < -0.3 is 5.32 Å². The van der Waals surface area contributed by atoms with Crippen LogP contribution in [0.5, 0.6) is 0 Å². The number of para-hydroxylation sites is 1. The molecule has 130 valence electrons. The number of hydrogen-bond acceptors (Lipinski definition) is 3. The first-order valence-electron chi connectivity index (χ1n) is 7.58. The van der Waals surface area contributed by atoms with E-state index in [-0.39, 0.29) is 11.3 Å². The van der Waals surface area contributed by atoms with Gasteiger partial charge >= 0.3 is 0 Å². The smallest absolute Gasteiger partial charge is 0.253 e. The van der Waals surface area contributed by atoms with Gasteiger partial charge in [-0.1, -0.05) is 32.9 Å². The molecule has 0 saturated heterocycles. The Labute approximate surface area is 140 Å². The molecule has 0 unspecified atom stereocenters. The van der Waals surface area contributed by atoms with Crippen molar-refractivity contribution in [1.82, 2.24) is 5.32 Å². The second-order valence-corrected chi connectivity index (χ2v) is 9.84. The molecule has 0 spiro atoms. The maximum Gasteiger partial charge on any atom is 0.253 e. The molecule has 0 atom stereocenters. The average molecular weight is 340 g/mol. The third-order valence-corrected chi connectivity index (χ3v) is 4.60. The van der Waals surface area contributed by atoms with Crippen molar-refractivity contribution in [2.24, 2.45) is 5.41 Å². The number of anilines is 1. The minimum Gasteiger partial charge on any atom is -0.347 e.